The van der Waals surface area contributed by atoms with Crippen LogP contribution in [0.5, 0.6) is 0 Å². The largest absolute Gasteiger partial charge is 0.376 e. The van der Waals surface area contributed by atoms with Gasteiger partial charge >= 0.3 is 0 Å². The minimum Gasteiger partial charge on any atom is -0.376 e. The van der Waals surface area contributed by atoms with Crippen molar-refractivity contribution in [1.82, 2.24) is 10.6 Å². The molecule has 0 spiro atoms. The molecule has 0 aliphatic carbocycles. The van der Waals surface area contributed by atoms with Gasteiger partial charge in [-0.05, 0) is 36.0 Å². The Morgan fingerprint density at radius 2 is 1.92 bits per heavy atom. The van der Waals surface area contributed by atoms with Crippen LogP contribution in [-0.4, -0.2) is 53.0 Å². The molecular formula is C19H31N3O3S. The standard InChI is InChI=1S/C19H31N3O3S/c1-19(2,3)15-7-9-17(10-8-15)26(23,24)13-11-21-18(20-4)22-14-16-6-5-12-25-16/h7-10,16H,5-6,11-14H2,1-4H3,(H2,20,21,22). The van der Waals surface area contributed by atoms with E-state index in [9.17, 15) is 8.42 Å². The van der Waals surface area contributed by atoms with Crippen LogP contribution in [0.25, 0.3) is 0 Å². The van der Waals surface area contributed by atoms with Gasteiger partial charge in [-0.3, -0.25) is 4.99 Å². The molecule has 0 amide bonds. The van der Waals surface area contributed by atoms with Gasteiger partial charge < -0.3 is 15.4 Å². The maximum Gasteiger partial charge on any atom is 0.191 e. The molecule has 26 heavy (non-hydrogen) atoms. The smallest absolute Gasteiger partial charge is 0.191 e. The van der Waals surface area contributed by atoms with Crippen LogP contribution in [0.3, 0.4) is 0 Å². The number of hydrogen-bond donors (Lipinski definition) is 2. The normalized spacial score (nSPS) is 18.8. The van der Waals surface area contributed by atoms with Gasteiger partial charge in [-0.2, -0.15) is 0 Å². The lowest BCUT2D eigenvalue weighted by atomic mass is 9.87. The maximum atomic E-state index is 12.5. The van der Waals surface area contributed by atoms with Gasteiger partial charge in [0.15, 0.2) is 15.8 Å². The zero-order valence-corrected chi connectivity index (χ0v) is 17.0. The van der Waals surface area contributed by atoms with Crippen molar-refractivity contribution in [2.24, 2.45) is 4.99 Å². The molecule has 1 aliphatic heterocycles. The van der Waals surface area contributed by atoms with Gasteiger partial charge in [-0.25, -0.2) is 8.42 Å². The van der Waals surface area contributed by atoms with Gasteiger partial charge in [0, 0.05) is 26.7 Å². The molecule has 7 heteroatoms. The number of guanidine groups is 1. The molecule has 6 nitrogen and oxygen atoms in total. The van der Waals surface area contributed by atoms with Crippen LogP contribution in [0.15, 0.2) is 34.2 Å². The predicted molar refractivity (Wildman–Crippen MR) is 106 cm³/mol. The third-order valence-electron chi connectivity index (χ3n) is 4.49. The summed E-state index contributed by atoms with van der Waals surface area (Å²) in [6, 6.07) is 7.17. The van der Waals surface area contributed by atoms with Crippen molar-refractivity contribution in [1.29, 1.82) is 0 Å². The summed E-state index contributed by atoms with van der Waals surface area (Å²) >= 11 is 0. The topological polar surface area (TPSA) is 79.8 Å². The number of rotatable bonds is 6. The lowest BCUT2D eigenvalue weighted by molar-refractivity contribution is 0.114. The summed E-state index contributed by atoms with van der Waals surface area (Å²) in [5.41, 5.74) is 1.12. The van der Waals surface area contributed by atoms with E-state index in [4.69, 9.17) is 4.74 Å². The molecule has 1 heterocycles. The van der Waals surface area contributed by atoms with E-state index in [1.807, 2.05) is 12.1 Å². The van der Waals surface area contributed by atoms with Gasteiger partial charge in [0.2, 0.25) is 0 Å². The second-order valence-electron chi connectivity index (χ2n) is 7.61. The van der Waals surface area contributed by atoms with Crippen molar-refractivity contribution >= 4 is 15.8 Å². The summed E-state index contributed by atoms with van der Waals surface area (Å²) in [6.07, 6.45) is 2.34. The highest BCUT2D eigenvalue weighted by atomic mass is 32.2. The Morgan fingerprint density at radius 3 is 2.46 bits per heavy atom. The van der Waals surface area contributed by atoms with Crippen LogP contribution in [0.4, 0.5) is 0 Å². The molecule has 1 unspecified atom stereocenters. The van der Waals surface area contributed by atoms with Crippen molar-refractivity contribution in [3.05, 3.63) is 29.8 Å². The Morgan fingerprint density at radius 1 is 1.23 bits per heavy atom. The van der Waals surface area contributed by atoms with Crippen molar-refractivity contribution in [3.63, 3.8) is 0 Å². The van der Waals surface area contributed by atoms with Crippen molar-refractivity contribution in [2.45, 2.75) is 50.0 Å². The monoisotopic (exact) mass is 381 g/mol. The second kappa shape index (κ2) is 8.86. The molecule has 1 aromatic carbocycles. The maximum absolute atomic E-state index is 12.5. The Kier molecular flexibility index (Phi) is 7.06. The highest BCUT2D eigenvalue weighted by Gasteiger charge is 2.18. The van der Waals surface area contributed by atoms with Crippen LogP contribution in [-0.2, 0) is 20.0 Å². The molecule has 1 atom stereocenters. The second-order valence-corrected chi connectivity index (χ2v) is 9.72. The quantitative estimate of drug-likeness (QED) is 0.583. The number of hydrogen-bond acceptors (Lipinski definition) is 4. The van der Waals surface area contributed by atoms with Crippen molar-refractivity contribution < 1.29 is 13.2 Å². The third kappa shape index (κ3) is 5.99. The van der Waals surface area contributed by atoms with Crippen LogP contribution in [0.2, 0.25) is 0 Å². The van der Waals surface area contributed by atoms with Gasteiger partial charge in [0.25, 0.3) is 0 Å². The molecule has 1 aromatic rings. The first-order valence-electron chi connectivity index (χ1n) is 9.12. The van der Waals surface area contributed by atoms with E-state index < -0.39 is 9.84 Å². The number of sulfone groups is 1. The fraction of sp³-hybridized carbons (Fsp3) is 0.632. The number of nitrogens with one attached hydrogen (secondary N) is 2. The lowest BCUT2D eigenvalue weighted by Gasteiger charge is -2.19. The molecule has 0 bridgehead atoms. The van der Waals surface area contributed by atoms with Crippen LogP contribution >= 0.6 is 0 Å². The van der Waals surface area contributed by atoms with Crippen LogP contribution in [0.1, 0.15) is 39.2 Å². The Labute approximate surface area is 157 Å². The van der Waals surface area contributed by atoms with E-state index >= 15 is 0 Å². The molecule has 1 fully saturated rings. The highest BCUT2D eigenvalue weighted by molar-refractivity contribution is 7.91. The Balaban J connectivity index is 1.84. The van der Waals surface area contributed by atoms with Gasteiger partial charge in [0.1, 0.15) is 0 Å². The number of ether oxygens (including phenoxy) is 1. The summed E-state index contributed by atoms with van der Waals surface area (Å²) < 4.78 is 30.6. The summed E-state index contributed by atoms with van der Waals surface area (Å²) in [7, 11) is -1.66. The van der Waals surface area contributed by atoms with Crippen molar-refractivity contribution in [3.8, 4) is 0 Å². The Bertz CT molecular complexity index is 701. The minimum atomic E-state index is -3.33. The summed E-state index contributed by atoms with van der Waals surface area (Å²) in [5, 5.41) is 6.24. The first-order valence-corrected chi connectivity index (χ1v) is 10.8. The van der Waals surface area contributed by atoms with Crippen LogP contribution < -0.4 is 10.6 Å². The average Bonchev–Trinajstić information content (AvgIpc) is 3.10. The molecule has 1 saturated heterocycles. The van der Waals surface area contributed by atoms with Gasteiger partial charge in [0.05, 0.1) is 16.8 Å². The Hall–Kier alpha value is -1.60. The molecule has 146 valence electrons. The van der Waals surface area contributed by atoms with Crippen LogP contribution in [0, 0.1) is 0 Å². The van der Waals surface area contributed by atoms with Crippen molar-refractivity contribution in [2.75, 3.05) is 32.5 Å². The van der Waals surface area contributed by atoms with Gasteiger partial charge in [-0.15, -0.1) is 0 Å². The highest BCUT2D eigenvalue weighted by Crippen LogP contribution is 2.23. The molecule has 2 N–H and O–H groups in total. The molecule has 1 aliphatic rings. The SMILES string of the molecule is CN=C(NCCS(=O)(=O)c1ccc(C(C)(C)C)cc1)NCC1CCCO1. The number of aliphatic imine (C=N–C) groups is 1. The zero-order chi connectivity index (χ0) is 19.2. The zero-order valence-electron chi connectivity index (χ0n) is 16.2. The van der Waals surface area contributed by atoms with Gasteiger partial charge in [-0.1, -0.05) is 32.9 Å². The average molecular weight is 382 g/mol. The lowest BCUT2D eigenvalue weighted by Crippen LogP contribution is -2.42. The molecule has 2 rings (SSSR count). The minimum absolute atomic E-state index is 0.00500. The summed E-state index contributed by atoms with van der Waals surface area (Å²) in [4.78, 5) is 4.48. The fourth-order valence-corrected chi connectivity index (χ4v) is 3.98. The molecular weight excluding hydrogens is 350 g/mol. The first kappa shape index (κ1) is 20.7. The molecule has 0 aromatic heterocycles. The number of nitrogens with zero attached hydrogens (tertiary/aromatic N) is 1. The van der Waals surface area contributed by atoms with E-state index in [1.165, 1.54) is 0 Å². The fourth-order valence-electron chi connectivity index (χ4n) is 2.82. The van der Waals surface area contributed by atoms with E-state index in [1.54, 1.807) is 19.2 Å². The first-order chi connectivity index (χ1) is 12.2. The third-order valence-corrected chi connectivity index (χ3v) is 6.22. The number of benzene rings is 1. The van der Waals surface area contributed by atoms with E-state index in [0.717, 1.165) is 25.0 Å². The van der Waals surface area contributed by atoms with E-state index in [-0.39, 0.29) is 17.3 Å². The predicted octanol–water partition coefficient (Wildman–Crippen LogP) is 2.10. The van der Waals surface area contributed by atoms with E-state index in [2.05, 4.69) is 36.4 Å². The molecule has 0 radical (unpaired) electrons. The summed E-state index contributed by atoms with van der Waals surface area (Å²) in [5.74, 6) is 0.612. The molecule has 0 saturated carbocycles. The summed E-state index contributed by atoms with van der Waals surface area (Å²) in [6.45, 7) is 8.11. The van der Waals surface area contributed by atoms with E-state index in [0.29, 0.717) is 23.9 Å².